The molecule has 2 aliphatic heterocycles. The number of rotatable bonds is 11. The quantitative estimate of drug-likeness (QED) is 0.369. The van der Waals surface area contributed by atoms with E-state index in [1.165, 1.54) is 0 Å². The molecule has 3 aromatic carbocycles. The fourth-order valence-corrected chi connectivity index (χ4v) is 4.61. The van der Waals surface area contributed by atoms with Crippen molar-refractivity contribution >= 4 is 0 Å². The highest BCUT2D eigenvalue weighted by Gasteiger charge is 2.57. The van der Waals surface area contributed by atoms with Crippen molar-refractivity contribution in [3.63, 3.8) is 0 Å². The fraction of sp³-hybridized carbons (Fsp3) is 0.400. The molecule has 2 saturated heterocycles. The second-order valence-electron chi connectivity index (χ2n) is 9.33. The average Bonchev–Trinajstić information content (AvgIpc) is 3.29. The first-order chi connectivity index (χ1) is 18.1. The SMILES string of the molecule is COC1(C)O[C@H]2O[C@H](COCc3ccccc3)[C@@H](OCc3ccccc3)[C@H](OCc3ccccc3)[C@@H]2O1. The molecule has 37 heavy (non-hydrogen) atoms. The third kappa shape index (κ3) is 6.64. The lowest BCUT2D eigenvalue weighted by molar-refractivity contribution is -0.334. The van der Waals surface area contributed by atoms with E-state index >= 15 is 0 Å². The highest BCUT2D eigenvalue weighted by Crippen LogP contribution is 2.39. The molecule has 3 aromatic rings. The normalized spacial score (nSPS) is 29.2. The van der Waals surface area contributed by atoms with Crippen LogP contribution < -0.4 is 0 Å². The summed E-state index contributed by atoms with van der Waals surface area (Å²) < 4.78 is 43.2. The summed E-state index contributed by atoms with van der Waals surface area (Å²) >= 11 is 0. The summed E-state index contributed by atoms with van der Waals surface area (Å²) in [6.07, 6.45) is -2.63. The highest BCUT2D eigenvalue weighted by atomic mass is 16.9. The summed E-state index contributed by atoms with van der Waals surface area (Å²) in [6, 6.07) is 30.1. The molecule has 0 radical (unpaired) electrons. The van der Waals surface area contributed by atoms with E-state index in [1.54, 1.807) is 14.0 Å². The van der Waals surface area contributed by atoms with Gasteiger partial charge in [0.2, 0.25) is 0 Å². The molecular formula is C30H34O7. The van der Waals surface area contributed by atoms with Gasteiger partial charge in [0, 0.05) is 14.0 Å². The molecule has 2 fully saturated rings. The van der Waals surface area contributed by atoms with Crippen LogP contribution in [-0.4, -0.2) is 50.4 Å². The van der Waals surface area contributed by atoms with Crippen LogP contribution in [0.15, 0.2) is 91.0 Å². The maximum absolute atomic E-state index is 6.50. The van der Waals surface area contributed by atoms with Crippen LogP contribution in [0.25, 0.3) is 0 Å². The van der Waals surface area contributed by atoms with Crippen molar-refractivity contribution in [3.05, 3.63) is 108 Å². The number of methoxy groups -OCH3 is 1. The molecule has 0 aromatic heterocycles. The molecule has 6 atom stereocenters. The lowest BCUT2D eigenvalue weighted by Crippen LogP contribution is -2.59. The van der Waals surface area contributed by atoms with Gasteiger partial charge in [-0.3, -0.25) is 4.74 Å². The Hall–Kier alpha value is -2.62. The molecule has 0 saturated carbocycles. The molecule has 0 aliphatic carbocycles. The van der Waals surface area contributed by atoms with E-state index in [4.69, 9.17) is 33.2 Å². The van der Waals surface area contributed by atoms with E-state index in [-0.39, 0.29) is 0 Å². The summed E-state index contributed by atoms with van der Waals surface area (Å²) in [5, 5.41) is 0. The summed E-state index contributed by atoms with van der Waals surface area (Å²) in [5.41, 5.74) is 3.19. The summed E-state index contributed by atoms with van der Waals surface area (Å²) in [4.78, 5) is 0. The van der Waals surface area contributed by atoms with Gasteiger partial charge in [-0.25, -0.2) is 0 Å². The van der Waals surface area contributed by atoms with Crippen LogP contribution in [-0.2, 0) is 53.0 Å². The molecule has 2 heterocycles. The number of benzene rings is 3. The molecule has 0 bridgehead atoms. The third-order valence-corrected chi connectivity index (χ3v) is 6.61. The lowest BCUT2D eigenvalue weighted by atomic mass is 9.98. The predicted molar refractivity (Wildman–Crippen MR) is 136 cm³/mol. The highest BCUT2D eigenvalue weighted by molar-refractivity contribution is 5.15. The molecule has 1 unspecified atom stereocenters. The predicted octanol–water partition coefficient (Wildman–Crippen LogP) is 4.83. The van der Waals surface area contributed by atoms with Gasteiger partial charge in [-0.05, 0) is 16.7 Å². The maximum Gasteiger partial charge on any atom is 0.282 e. The second kappa shape index (κ2) is 12.3. The molecular weight excluding hydrogens is 472 g/mol. The first-order valence-corrected chi connectivity index (χ1v) is 12.6. The zero-order chi connectivity index (χ0) is 25.5. The Morgan fingerprint density at radius 3 is 1.73 bits per heavy atom. The van der Waals surface area contributed by atoms with Crippen LogP contribution >= 0.6 is 0 Å². The molecule has 7 nitrogen and oxygen atoms in total. The number of fused-ring (bicyclic) bond motifs is 1. The van der Waals surface area contributed by atoms with Crippen molar-refractivity contribution in [3.8, 4) is 0 Å². The van der Waals surface area contributed by atoms with Gasteiger partial charge in [-0.2, -0.15) is 0 Å². The first-order valence-electron chi connectivity index (χ1n) is 12.6. The Balaban J connectivity index is 1.36. The minimum atomic E-state index is -1.24. The number of hydrogen-bond donors (Lipinski definition) is 0. The molecule has 196 valence electrons. The van der Waals surface area contributed by atoms with Crippen molar-refractivity contribution < 1.29 is 33.2 Å². The zero-order valence-corrected chi connectivity index (χ0v) is 21.2. The van der Waals surface area contributed by atoms with E-state index < -0.39 is 36.7 Å². The van der Waals surface area contributed by atoms with Gasteiger partial charge in [-0.15, -0.1) is 0 Å². The van der Waals surface area contributed by atoms with Crippen molar-refractivity contribution in [1.82, 2.24) is 0 Å². The minimum Gasteiger partial charge on any atom is -0.374 e. The largest absolute Gasteiger partial charge is 0.374 e. The Bertz CT molecular complexity index is 1080. The number of hydrogen-bond acceptors (Lipinski definition) is 7. The van der Waals surface area contributed by atoms with Gasteiger partial charge in [-0.1, -0.05) is 91.0 Å². The lowest BCUT2D eigenvalue weighted by Gasteiger charge is -2.42. The van der Waals surface area contributed by atoms with Gasteiger partial charge in [0.15, 0.2) is 6.29 Å². The van der Waals surface area contributed by atoms with Crippen LogP contribution in [0.1, 0.15) is 23.6 Å². The van der Waals surface area contributed by atoms with Gasteiger partial charge < -0.3 is 28.4 Å². The van der Waals surface area contributed by atoms with Crippen LogP contribution in [0.5, 0.6) is 0 Å². The third-order valence-electron chi connectivity index (χ3n) is 6.61. The molecule has 7 heteroatoms. The van der Waals surface area contributed by atoms with E-state index in [0.717, 1.165) is 16.7 Å². The molecule has 0 amide bonds. The Morgan fingerprint density at radius 1 is 0.676 bits per heavy atom. The minimum absolute atomic E-state index is 0.301. The van der Waals surface area contributed by atoms with Gasteiger partial charge in [0.1, 0.15) is 24.4 Å². The van der Waals surface area contributed by atoms with Crippen LogP contribution in [0.3, 0.4) is 0 Å². The Labute approximate surface area is 218 Å². The number of ether oxygens (including phenoxy) is 7. The Kier molecular flexibility index (Phi) is 8.63. The summed E-state index contributed by atoms with van der Waals surface area (Å²) in [6.45, 7) is 3.28. The van der Waals surface area contributed by atoms with Gasteiger partial charge in [0.05, 0.1) is 26.4 Å². The maximum atomic E-state index is 6.50. The second-order valence-corrected chi connectivity index (χ2v) is 9.33. The smallest absolute Gasteiger partial charge is 0.282 e. The van der Waals surface area contributed by atoms with Crippen LogP contribution in [0.4, 0.5) is 0 Å². The average molecular weight is 507 g/mol. The van der Waals surface area contributed by atoms with Crippen molar-refractivity contribution in [2.75, 3.05) is 13.7 Å². The molecule has 2 aliphatic rings. The van der Waals surface area contributed by atoms with E-state index in [9.17, 15) is 0 Å². The summed E-state index contributed by atoms with van der Waals surface area (Å²) in [5.74, 6) is -1.24. The van der Waals surface area contributed by atoms with Crippen molar-refractivity contribution in [2.24, 2.45) is 0 Å². The standard InChI is InChI=1S/C30H34O7/c1-30(31-2)36-28-27(34-20-24-16-10-5-11-17-24)26(33-19-23-14-8-4-9-15-23)25(35-29(28)37-30)21-32-18-22-12-6-3-7-13-22/h3-17,25-29H,18-21H2,1-2H3/t25-,26-,27+,28+,29-,30?/m1/s1. The molecule has 0 spiro atoms. The van der Waals surface area contributed by atoms with Crippen molar-refractivity contribution in [2.45, 2.75) is 63.4 Å². The summed E-state index contributed by atoms with van der Waals surface area (Å²) in [7, 11) is 1.54. The van der Waals surface area contributed by atoms with Crippen LogP contribution in [0.2, 0.25) is 0 Å². The van der Waals surface area contributed by atoms with E-state index in [0.29, 0.717) is 26.4 Å². The van der Waals surface area contributed by atoms with Crippen molar-refractivity contribution in [1.29, 1.82) is 0 Å². The zero-order valence-electron chi connectivity index (χ0n) is 21.2. The fourth-order valence-electron chi connectivity index (χ4n) is 4.61. The van der Waals surface area contributed by atoms with Gasteiger partial charge >= 0.3 is 0 Å². The molecule has 0 N–H and O–H groups in total. The molecule has 5 rings (SSSR count). The monoisotopic (exact) mass is 506 g/mol. The Morgan fingerprint density at radius 2 is 1.19 bits per heavy atom. The van der Waals surface area contributed by atoms with E-state index in [2.05, 4.69) is 0 Å². The first kappa shape index (κ1) is 26.0. The van der Waals surface area contributed by atoms with Gasteiger partial charge in [0.25, 0.3) is 5.97 Å². The topological polar surface area (TPSA) is 64.6 Å². The van der Waals surface area contributed by atoms with E-state index in [1.807, 2.05) is 91.0 Å². The van der Waals surface area contributed by atoms with Crippen LogP contribution in [0, 0.1) is 0 Å².